The van der Waals surface area contributed by atoms with E-state index >= 15 is 0 Å². The Morgan fingerprint density at radius 1 is 1.62 bits per heavy atom. The van der Waals surface area contributed by atoms with Crippen LogP contribution in [0.3, 0.4) is 0 Å². The summed E-state index contributed by atoms with van der Waals surface area (Å²) < 4.78 is 0. The molecule has 0 radical (unpaired) electrons. The first-order valence-corrected chi connectivity index (χ1v) is 2.91. The van der Waals surface area contributed by atoms with Gasteiger partial charge in [-0.3, -0.25) is 4.79 Å². The third-order valence-corrected chi connectivity index (χ3v) is 0.426. The third-order valence-electron chi connectivity index (χ3n) is 0.426. The summed E-state index contributed by atoms with van der Waals surface area (Å²) in [6.07, 6.45) is 0. The molecule has 0 unspecified atom stereocenters. The molecule has 0 saturated heterocycles. The minimum atomic E-state index is 0. The molecule has 1 N–H and O–H groups in total. The van der Waals surface area contributed by atoms with Crippen LogP contribution in [0.15, 0.2) is 0 Å². The summed E-state index contributed by atoms with van der Waals surface area (Å²) in [6.45, 7) is 6.04. The van der Waals surface area contributed by atoms with Crippen LogP contribution in [-0.4, -0.2) is 19.4 Å². The fourth-order valence-electron chi connectivity index (χ4n) is 0.249. The van der Waals surface area contributed by atoms with Crippen LogP contribution in [0, 0.1) is 0 Å². The Hall–Kier alpha value is -0.370. The van der Waals surface area contributed by atoms with Crippen molar-refractivity contribution in [3.05, 3.63) is 0 Å². The summed E-state index contributed by atoms with van der Waals surface area (Å²) >= 11 is 0. The minimum Gasteiger partial charge on any atom is -0.313 e. The van der Waals surface area contributed by atoms with Crippen molar-refractivity contribution < 1.29 is 6.22 Å². The van der Waals surface area contributed by atoms with E-state index in [2.05, 4.69) is 5.32 Å². The van der Waals surface area contributed by atoms with Crippen LogP contribution in [0.2, 0.25) is 0 Å². The van der Waals surface area contributed by atoms with Crippen LogP contribution in [0.25, 0.3) is 0 Å². The number of carbonyl (C=O) groups is 1. The molecule has 0 atom stereocenters. The molecule has 2 heteroatoms. The van der Waals surface area contributed by atoms with Gasteiger partial charge in [-0.15, -0.1) is 0 Å². The maximum Gasteiger partial charge on any atom is 0.143 e. The van der Waals surface area contributed by atoms with E-state index in [-0.39, 0.29) is 7.21 Å². The van der Waals surface area contributed by atoms with Gasteiger partial charge >= 0.3 is 0 Å². The molecular formula is C6H17NO. The number of ketones is 1. The molecule has 0 saturated carbocycles. The molecule has 0 spiro atoms. The van der Waals surface area contributed by atoms with E-state index in [0.29, 0.717) is 6.54 Å². The number of hydrogen-bond acceptors (Lipinski definition) is 2. The first-order valence-electron chi connectivity index (χ1n) is 2.91. The lowest BCUT2D eigenvalue weighted by molar-refractivity contribution is -0.116. The number of likely N-dealkylation sites (N-methyl/N-ethyl adjacent to an activating group) is 1. The summed E-state index contributed by atoms with van der Waals surface area (Å²) in [5.41, 5.74) is 0. The van der Waals surface area contributed by atoms with Crippen molar-refractivity contribution in [1.29, 1.82) is 0 Å². The molecule has 0 aliphatic carbocycles. The van der Waals surface area contributed by atoms with Crippen molar-refractivity contribution >= 4 is 5.78 Å². The van der Waals surface area contributed by atoms with Crippen molar-refractivity contribution in [2.24, 2.45) is 0 Å². The Balaban J connectivity index is -0.000000109. The molecule has 52 valence electrons. The van der Waals surface area contributed by atoms with E-state index in [1.54, 1.807) is 14.0 Å². The van der Waals surface area contributed by atoms with Gasteiger partial charge in [0, 0.05) is 1.43 Å². The summed E-state index contributed by atoms with van der Waals surface area (Å²) in [6, 6.07) is 0. The number of nitrogens with one attached hydrogen (secondary N) is 1. The van der Waals surface area contributed by atoms with E-state index in [4.69, 9.17) is 0 Å². The molecule has 0 rings (SSSR count). The van der Waals surface area contributed by atoms with Gasteiger partial charge in [-0.2, -0.15) is 0 Å². The smallest absolute Gasteiger partial charge is 0.143 e. The molecule has 0 heterocycles. The zero-order valence-electron chi connectivity index (χ0n) is 6.12. The molecule has 2 nitrogen and oxygen atoms in total. The maximum atomic E-state index is 9.98. The van der Waals surface area contributed by atoms with Gasteiger partial charge < -0.3 is 5.32 Å². The van der Waals surface area contributed by atoms with Crippen molar-refractivity contribution in [1.82, 2.24) is 5.32 Å². The lowest BCUT2D eigenvalue weighted by Crippen LogP contribution is -2.14. The van der Waals surface area contributed by atoms with Crippen molar-refractivity contribution in [3.8, 4) is 0 Å². The van der Waals surface area contributed by atoms with Crippen LogP contribution in [-0.2, 0) is 4.79 Å². The molecule has 0 aliphatic rings. The van der Waals surface area contributed by atoms with Crippen molar-refractivity contribution in [2.75, 3.05) is 13.6 Å². The predicted octanol–water partition coefficient (Wildman–Crippen LogP) is 1.07. The lowest BCUT2D eigenvalue weighted by atomic mass is 10.5. The second kappa shape index (κ2) is 9.80. The van der Waals surface area contributed by atoms with E-state index in [9.17, 15) is 4.79 Å². The average Bonchev–Trinajstić information content (AvgIpc) is 1.72. The van der Waals surface area contributed by atoms with Crippen LogP contribution in [0.1, 0.15) is 22.2 Å². The molecule has 0 bridgehead atoms. The van der Waals surface area contributed by atoms with Crippen molar-refractivity contribution in [3.63, 3.8) is 0 Å². The Labute approximate surface area is 52.8 Å². The highest BCUT2D eigenvalue weighted by molar-refractivity contribution is 5.77. The van der Waals surface area contributed by atoms with Crippen LogP contribution < -0.4 is 5.32 Å². The Morgan fingerprint density at radius 2 is 2.00 bits per heavy atom. The Bertz CT molecular complexity index is 57.0. The SMILES string of the molecule is CC.CNCC(C)=O.[HH]. The molecular weight excluding hydrogens is 102 g/mol. The predicted molar refractivity (Wildman–Crippen MR) is 38.1 cm³/mol. The molecule has 0 aromatic heterocycles. The van der Waals surface area contributed by atoms with E-state index in [0.717, 1.165) is 0 Å². The van der Waals surface area contributed by atoms with Crippen LogP contribution in [0.5, 0.6) is 0 Å². The van der Waals surface area contributed by atoms with Crippen LogP contribution in [0.4, 0.5) is 0 Å². The summed E-state index contributed by atoms with van der Waals surface area (Å²) in [5.74, 6) is 0.178. The zero-order valence-corrected chi connectivity index (χ0v) is 6.12. The highest BCUT2D eigenvalue weighted by Gasteiger charge is 1.82. The van der Waals surface area contributed by atoms with Gasteiger partial charge in [-0.05, 0) is 14.0 Å². The minimum absolute atomic E-state index is 0. The third kappa shape index (κ3) is 17.4. The first-order chi connectivity index (χ1) is 3.77. The van der Waals surface area contributed by atoms with Gasteiger partial charge in [-0.25, -0.2) is 0 Å². The van der Waals surface area contributed by atoms with E-state index < -0.39 is 0 Å². The standard InChI is InChI=1S/C4H9NO.C2H6.H2/c1-4(6)3-5-2;1-2;/h5H,3H2,1-2H3;1-2H3;1H. The lowest BCUT2D eigenvalue weighted by Gasteiger charge is -1.85. The number of Topliss-reactive ketones (excluding diaryl/α,β-unsaturated/α-hetero) is 1. The van der Waals surface area contributed by atoms with Crippen LogP contribution >= 0.6 is 0 Å². The van der Waals surface area contributed by atoms with Gasteiger partial charge in [0.05, 0.1) is 6.54 Å². The fourth-order valence-corrected chi connectivity index (χ4v) is 0.249. The molecule has 0 amide bonds. The van der Waals surface area contributed by atoms with E-state index in [1.165, 1.54) is 0 Å². The maximum absolute atomic E-state index is 9.98. The second-order valence-electron chi connectivity index (χ2n) is 1.23. The van der Waals surface area contributed by atoms with E-state index in [1.807, 2.05) is 13.8 Å². The topological polar surface area (TPSA) is 29.1 Å². The highest BCUT2D eigenvalue weighted by atomic mass is 16.1. The Kier molecular flexibility index (Phi) is 13.0. The summed E-state index contributed by atoms with van der Waals surface area (Å²) in [5, 5.41) is 2.72. The quantitative estimate of drug-likeness (QED) is 0.589. The molecule has 0 fully saturated rings. The fraction of sp³-hybridized carbons (Fsp3) is 0.833. The monoisotopic (exact) mass is 119 g/mol. The first kappa shape index (κ1) is 10.6. The Morgan fingerprint density at radius 3 is 2.00 bits per heavy atom. The van der Waals surface area contributed by atoms with Gasteiger partial charge in [0.15, 0.2) is 0 Å². The van der Waals surface area contributed by atoms with Gasteiger partial charge in [0.1, 0.15) is 5.78 Å². The van der Waals surface area contributed by atoms with Gasteiger partial charge in [0.25, 0.3) is 0 Å². The molecule has 8 heavy (non-hydrogen) atoms. The van der Waals surface area contributed by atoms with Gasteiger partial charge in [-0.1, -0.05) is 13.8 Å². The number of hydrogen-bond donors (Lipinski definition) is 1. The van der Waals surface area contributed by atoms with Crippen molar-refractivity contribution in [2.45, 2.75) is 20.8 Å². The molecule has 0 aromatic carbocycles. The largest absolute Gasteiger partial charge is 0.313 e. The van der Waals surface area contributed by atoms with Gasteiger partial charge in [0.2, 0.25) is 0 Å². The zero-order chi connectivity index (χ0) is 6.99. The number of rotatable bonds is 2. The number of carbonyl (C=O) groups excluding carboxylic acids is 1. The normalized spacial score (nSPS) is 7.00. The second-order valence-corrected chi connectivity index (χ2v) is 1.23. The molecule has 0 aliphatic heterocycles. The summed E-state index contributed by atoms with van der Waals surface area (Å²) in [4.78, 5) is 9.98. The highest BCUT2D eigenvalue weighted by Crippen LogP contribution is 1.57. The summed E-state index contributed by atoms with van der Waals surface area (Å²) in [7, 11) is 1.75. The average molecular weight is 119 g/mol. The molecule has 0 aromatic rings.